The Morgan fingerprint density at radius 1 is 1.39 bits per heavy atom. The zero-order valence-electron chi connectivity index (χ0n) is 17.2. The van der Waals surface area contributed by atoms with Crippen molar-refractivity contribution in [3.05, 3.63) is 29.5 Å². The third-order valence-corrected chi connectivity index (χ3v) is 7.44. The third-order valence-electron chi connectivity index (χ3n) is 4.08. The number of hydrogen-bond acceptors (Lipinski definition) is 5. The average molecular weight is 425 g/mol. The molecule has 0 bridgehead atoms. The van der Waals surface area contributed by atoms with Crippen molar-refractivity contribution in [2.75, 3.05) is 14.1 Å². The zero-order chi connectivity index (χ0) is 21.1. The zero-order valence-corrected chi connectivity index (χ0v) is 18.8. The van der Waals surface area contributed by atoms with E-state index in [1.807, 2.05) is 36.8 Å². The van der Waals surface area contributed by atoms with E-state index in [2.05, 4.69) is 30.8 Å². The maximum atomic E-state index is 10.6. The van der Waals surface area contributed by atoms with Crippen LogP contribution in [0.2, 0.25) is 0 Å². The maximum Gasteiger partial charge on any atom is 0.309 e. The number of nitrogens with two attached hydrogens (primary N) is 2. The number of amidine groups is 2. The van der Waals surface area contributed by atoms with Gasteiger partial charge in [-0.25, -0.2) is 4.99 Å². The Morgan fingerprint density at radius 3 is 2.57 bits per heavy atom. The first-order valence-corrected chi connectivity index (χ1v) is 10.9. The molecule has 2 heterocycles. The van der Waals surface area contributed by atoms with Crippen LogP contribution in [0.3, 0.4) is 0 Å². The molecule has 6 N–H and O–H groups in total. The van der Waals surface area contributed by atoms with Gasteiger partial charge >= 0.3 is 5.84 Å². The first kappa shape index (κ1) is 22.2. The number of aromatic hydroxyl groups is 1. The van der Waals surface area contributed by atoms with Crippen LogP contribution in [0.25, 0.3) is 0 Å². The highest BCUT2D eigenvalue weighted by Crippen LogP contribution is 2.46. The molecule has 0 amide bonds. The molecule has 2 aromatic rings. The third kappa shape index (κ3) is 5.03. The minimum atomic E-state index is -0.301. The minimum Gasteiger partial charge on any atom is -0.504 e. The second-order valence-electron chi connectivity index (χ2n) is 7.53. The van der Waals surface area contributed by atoms with Gasteiger partial charge in [-0.2, -0.15) is 0 Å². The predicted octanol–water partition coefficient (Wildman–Crippen LogP) is 2.19. The van der Waals surface area contributed by atoms with E-state index >= 15 is 0 Å². The fraction of sp³-hybridized carbons (Fsp3) is 0.421. The Morgan fingerprint density at radius 2 is 2.07 bits per heavy atom. The quantitative estimate of drug-likeness (QED) is 0.334. The summed E-state index contributed by atoms with van der Waals surface area (Å²) in [4.78, 5) is 7.60. The van der Waals surface area contributed by atoms with E-state index in [0.29, 0.717) is 5.69 Å². The summed E-state index contributed by atoms with van der Waals surface area (Å²) in [7, 11) is 3.64. The summed E-state index contributed by atoms with van der Waals surface area (Å²) in [5, 5.41) is 14.4. The molecule has 28 heavy (non-hydrogen) atoms. The van der Waals surface area contributed by atoms with Gasteiger partial charge in [-0.3, -0.25) is 15.0 Å². The van der Waals surface area contributed by atoms with Crippen molar-refractivity contribution in [1.29, 1.82) is 0 Å². The van der Waals surface area contributed by atoms with Crippen molar-refractivity contribution in [2.45, 2.75) is 37.9 Å². The number of thiophene rings is 1. The van der Waals surface area contributed by atoms with Gasteiger partial charge in [-0.1, -0.05) is 31.4 Å². The minimum absolute atomic E-state index is 0.110. The van der Waals surface area contributed by atoms with Crippen molar-refractivity contribution >= 4 is 44.7 Å². The molecule has 0 aliphatic rings. The molecule has 2 rings (SSSR count). The summed E-state index contributed by atoms with van der Waals surface area (Å²) >= 11 is 1.45. The van der Waals surface area contributed by atoms with Crippen molar-refractivity contribution in [2.24, 2.45) is 21.9 Å². The first-order valence-electron chi connectivity index (χ1n) is 8.82. The van der Waals surface area contributed by atoms with Gasteiger partial charge in [0.05, 0.1) is 12.5 Å². The number of nitrogens with zero attached hydrogens (tertiary/aromatic N) is 2. The lowest BCUT2D eigenvalue weighted by molar-refractivity contribution is -0.529. The fourth-order valence-electron chi connectivity index (χ4n) is 2.70. The summed E-state index contributed by atoms with van der Waals surface area (Å²) in [5.74, 6) is 0.516. The Hall–Kier alpha value is -2.10. The van der Waals surface area contributed by atoms with Gasteiger partial charge in [0, 0.05) is 16.4 Å². The molecule has 9 heteroatoms. The summed E-state index contributed by atoms with van der Waals surface area (Å²) in [6.45, 7) is 8.26. The lowest BCUT2D eigenvalue weighted by atomic mass is 9.84. The molecule has 0 radical (unpaired) electrons. The molecule has 0 saturated carbocycles. The Bertz CT molecular complexity index is 890. The summed E-state index contributed by atoms with van der Waals surface area (Å²) < 4.78 is 8.10. The van der Waals surface area contributed by atoms with E-state index in [1.54, 1.807) is 17.9 Å². The maximum absolute atomic E-state index is 10.6. The molecule has 0 spiro atoms. The van der Waals surface area contributed by atoms with Crippen LogP contribution >= 0.6 is 22.0 Å². The standard InChI is InChI=1S/C19H29N5O2S2/c1-7-28(24(5)6)18-14(25)13(11-27-18)22-16(20)17(21)23-15(19(2,3)4)12-8-9-26-10-12/h7-11,15,25H,1-6H3,(H2,20,22)(H2,21,23)/p+1/t15-,28?/m0/s1. The predicted molar refractivity (Wildman–Crippen MR) is 120 cm³/mol. The number of nitrogens with one attached hydrogen (secondary N) is 1. The smallest absolute Gasteiger partial charge is 0.309 e. The fourth-order valence-corrected chi connectivity index (χ4v) is 5.84. The summed E-state index contributed by atoms with van der Waals surface area (Å²) in [6, 6.07) is 1.78. The van der Waals surface area contributed by atoms with Crippen LogP contribution in [0, 0.1) is 5.41 Å². The van der Waals surface area contributed by atoms with Crippen LogP contribution in [0.1, 0.15) is 39.3 Å². The Labute approximate surface area is 172 Å². The van der Waals surface area contributed by atoms with Gasteiger partial charge in [0.25, 0.3) is 0 Å². The van der Waals surface area contributed by atoms with E-state index in [1.165, 1.54) is 11.3 Å². The Kier molecular flexibility index (Phi) is 7.08. The molecule has 0 aliphatic heterocycles. The lowest BCUT2D eigenvalue weighted by Crippen LogP contribution is -2.81. The van der Waals surface area contributed by atoms with Gasteiger partial charge in [-0.05, 0) is 32.5 Å². The summed E-state index contributed by atoms with van der Waals surface area (Å²) in [5.41, 5.74) is 13.6. The largest absolute Gasteiger partial charge is 0.504 e. The highest BCUT2D eigenvalue weighted by atomic mass is 32.2. The number of furan rings is 1. The Balaban J connectivity index is 2.37. The van der Waals surface area contributed by atoms with Crippen LogP contribution in [0.15, 0.2) is 37.6 Å². The van der Waals surface area contributed by atoms with Gasteiger partial charge in [0.1, 0.15) is 15.9 Å². The van der Waals surface area contributed by atoms with E-state index in [-0.39, 0.29) is 39.5 Å². The van der Waals surface area contributed by atoms with Gasteiger partial charge in [0.15, 0.2) is 5.75 Å². The topological polar surface area (TPSA) is 115 Å². The SMILES string of the molecule is C/C=S(\c1scc(N=C(N)C(N)=[NH+][C@@H](c2ccoc2)C(C)(C)C)c1O)N(C)C. The monoisotopic (exact) mass is 424 g/mol. The molecule has 1 unspecified atom stereocenters. The molecule has 0 saturated heterocycles. The van der Waals surface area contributed by atoms with Gasteiger partial charge < -0.3 is 15.3 Å². The highest BCUT2D eigenvalue weighted by molar-refractivity contribution is 8.14. The number of rotatable bonds is 5. The second kappa shape index (κ2) is 8.93. The van der Waals surface area contributed by atoms with Crippen molar-refractivity contribution in [1.82, 2.24) is 4.31 Å². The molecule has 2 atom stereocenters. The van der Waals surface area contributed by atoms with E-state index in [9.17, 15) is 5.11 Å². The first-order chi connectivity index (χ1) is 13.1. The number of aliphatic imine (C=N–C) groups is 1. The van der Waals surface area contributed by atoms with E-state index in [0.717, 1.165) is 9.77 Å². The van der Waals surface area contributed by atoms with Crippen LogP contribution in [0.5, 0.6) is 5.75 Å². The van der Waals surface area contributed by atoms with Crippen molar-refractivity contribution < 1.29 is 14.5 Å². The van der Waals surface area contributed by atoms with Crippen LogP contribution in [-0.4, -0.2) is 40.5 Å². The highest BCUT2D eigenvalue weighted by Gasteiger charge is 2.30. The molecular formula is C19H30N5O2S2+. The van der Waals surface area contributed by atoms with Gasteiger partial charge in [0.2, 0.25) is 5.84 Å². The van der Waals surface area contributed by atoms with Crippen molar-refractivity contribution in [3.63, 3.8) is 0 Å². The molecule has 154 valence electrons. The van der Waals surface area contributed by atoms with Crippen molar-refractivity contribution in [3.8, 4) is 5.75 Å². The number of hydrogen-bond donors (Lipinski definition) is 4. The molecule has 0 aromatic carbocycles. The molecule has 7 nitrogen and oxygen atoms in total. The molecule has 0 fully saturated rings. The second-order valence-corrected chi connectivity index (χ2v) is 10.9. The van der Waals surface area contributed by atoms with Gasteiger partial charge in [-0.15, -0.1) is 11.3 Å². The van der Waals surface area contributed by atoms with E-state index < -0.39 is 0 Å². The van der Waals surface area contributed by atoms with Crippen LogP contribution in [-0.2, 0) is 0 Å². The molecular weight excluding hydrogens is 394 g/mol. The van der Waals surface area contributed by atoms with Crippen LogP contribution in [0.4, 0.5) is 5.69 Å². The van der Waals surface area contributed by atoms with E-state index in [4.69, 9.17) is 15.9 Å². The average Bonchev–Trinajstić information content (AvgIpc) is 3.24. The lowest BCUT2D eigenvalue weighted by Gasteiger charge is -2.24. The molecule has 2 aromatic heterocycles. The van der Waals surface area contributed by atoms with Crippen LogP contribution < -0.4 is 16.5 Å². The molecule has 0 aliphatic carbocycles. The summed E-state index contributed by atoms with van der Waals surface area (Å²) in [6.07, 6.45) is 3.31. The normalized spacial score (nSPS) is 16.0.